The van der Waals surface area contributed by atoms with Crippen LogP contribution in [0.1, 0.15) is 25.3 Å². The van der Waals surface area contributed by atoms with Gasteiger partial charge in [0.15, 0.2) is 0 Å². The zero-order valence-electron chi connectivity index (χ0n) is 24.5. The average molecular weight is 813 g/mol. The average Bonchev–Trinajstić information content (AvgIpc) is 2.94. The van der Waals surface area contributed by atoms with Gasteiger partial charge >= 0.3 is 0 Å². The lowest BCUT2D eigenvalue weighted by atomic mass is 10.2. The summed E-state index contributed by atoms with van der Waals surface area (Å²) in [6, 6.07) is 10.0. The predicted molar refractivity (Wildman–Crippen MR) is 180 cm³/mol. The number of hydrazine groups is 2. The molecule has 0 heterocycles. The highest BCUT2D eigenvalue weighted by atomic mass is 35.5. The zero-order chi connectivity index (χ0) is 35.6. The lowest BCUT2D eigenvalue weighted by Gasteiger charge is -2.26. The molecule has 0 aliphatic heterocycles. The summed E-state index contributed by atoms with van der Waals surface area (Å²) in [5, 5.41) is -1.19. The van der Waals surface area contributed by atoms with Crippen LogP contribution in [0.4, 0.5) is 11.4 Å². The van der Waals surface area contributed by atoms with Crippen LogP contribution in [-0.4, -0.2) is 58.6 Å². The number of nitrogens with one attached hydrogen (secondary N) is 4. The Kier molecular flexibility index (Phi) is 12.3. The number of aryl methyl sites for hydroxylation is 1. The summed E-state index contributed by atoms with van der Waals surface area (Å²) in [7, 11) is -24.2. The minimum absolute atomic E-state index is 0.0416. The Labute approximate surface area is 288 Å². The summed E-state index contributed by atoms with van der Waals surface area (Å²) in [5.41, 5.74) is -1.34. The lowest BCUT2D eigenvalue weighted by molar-refractivity contribution is 0.344. The molecule has 0 fully saturated rings. The standard InChI is InChI=1S/C24H28Cl3N5O10S5/c1-4-5-13-44(35,36)29-24-20(12-11-16(2)23(24)28-43(3,33)34)47(41,42)32(30-45(37,38)18-9-7-6-8-10-18)31-46(39,40)21-15-17(25)14-19(26)22(21)27/h6-12,14-15,28-31H,4-5,13H2,1-3H3. The Balaban J connectivity index is 2.35. The predicted octanol–water partition coefficient (Wildman–Crippen LogP) is 3.65. The Bertz CT molecular complexity index is 2220. The van der Waals surface area contributed by atoms with Crippen molar-refractivity contribution in [1.29, 1.82) is 0 Å². The van der Waals surface area contributed by atoms with Crippen LogP contribution in [0.25, 0.3) is 0 Å². The number of anilines is 2. The fourth-order valence-electron chi connectivity index (χ4n) is 3.72. The maximum absolute atomic E-state index is 14.3. The van der Waals surface area contributed by atoms with E-state index in [1.807, 2.05) is 0 Å². The summed E-state index contributed by atoms with van der Waals surface area (Å²) in [6.07, 6.45) is 1.27. The van der Waals surface area contributed by atoms with Crippen LogP contribution in [0.2, 0.25) is 15.1 Å². The smallest absolute Gasteiger partial charge is 0.273 e. The summed E-state index contributed by atoms with van der Waals surface area (Å²) in [6.45, 7) is 3.02. The van der Waals surface area contributed by atoms with Gasteiger partial charge in [0.2, 0.25) is 20.0 Å². The molecule has 0 aliphatic rings. The number of sulfonamides is 5. The van der Waals surface area contributed by atoms with Crippen molar-refractivity contribution in [2.24, 2.45) is 0 Å². The fourth-order valence-corrected chi connectivity index (χ4v) is 10.9. The molecule has 0 unspecified atom stereocenters. The molecule has 0 amide bonds. The molecule has 23 heteroatoms. The summed E-state index contributed by atoms with van der Waals surface area (Å²) < 4.78 is 137. The number of halogens is 3. The van der Waals surface area contributed by atoms with Gasteiger partial charge in [0.1, 0.15) is 9.79 Å². The minimum atomic E-state index is -5.55. The minimum Gasteiger partial charge on any atom is -0.281 e. The van der Waals surface area contributed by atoms with Crippen molar-refractivity contribution in [1.82, 2.24) is 14.2 Å². The van der Waals surface area contributed by atoms with Crippen molar-refractivity contribution in [3.63, 3.8) is 0 Å². The van der Waals surface area contributed by atoms with Gasteiger partial charge in [-0.1, -0.05) is 72.4 Å². The molecule has 15 nitrogen and oxygen atoms in total. The molecule has 0 atom stereocenters. The quantitative estimate of drug-likeness (QED) is 0.129. The molecule has 3 aromatic carbocycles. The van der Waals surface area contributed by atoms with E-state index in [0.29, 0.717) is 6.42 Å². The third-order valence-electron chi connectivity index (χ3n) is 5.91. The van der Waals surface area contributed by atoms with Gasteiger partial charge in [0.25, 0.3) is 30.1 Å². The van der Waals surface area contributed by atoms with Gasteiger partial charge in [-0.05, 0) is 53.8 Å². The molecule has 3 rings (SSSR count). The van der Waals surface area contributed by atoms with Crippen LogP contribution in [0, 0.1) is 6.92 Å². The van der Waals surface area contributed by atoms with E-state index in [-0.39, 0.29) is 22.0 Å². The van der Waals surface area contributed by atoms with Gasteiger partial charge in [0, 0.05) is 5.02 Å². The topological polar surface area (TPSA) is 222 Å². The monoisotopic (exact) mass is 811 g/mol. The number of benzene rings is 3. The summed E-state index contributed by atoms with van der Waals surface area (Å²) >= 11 is 18.0. The second kappa shape index (κ2) is 14.7. The van der Waals surface area contributed by atoms with Crippen LogP contribution >= 0.6 is 34.8 Å². The summed E-state index contributed by atoms with van der Waals surface area (Å²) in [5.74, 6) is -0.514. The highest BCUT2D eigenvalue weighted by Gasteiger charge is 2.38. The van der Waals surface area contributed by atoms with Gasteiger partial charge in [0.05, 0.1) is 38.3 Å². The van der Waals surface area contributed by atoms with Crippen LogP contribution in [0.15, 0.2) is 69.3 Å². The van der Waals surface area contributed by atoms with E-state index >= 15 is 0 Å². The third-order valence-corrected chi connectivity index (χ3v) is 13.4. The Morgan fingerprint density at radius 2 is 1.32 bits per heavy atom. The molecule has 4 N–H and O–H groups in total. The highest BCUT2D eigenvalue weighted by Crippen LogP contribution is 2.37. The van der Waals surface area contributed by atoms with Crippen LogP contribution in [0.3, 0.4) is 0 Å². The van der Waals surface area contributed by atoms with Gasteiger partial charge in [-0.3, -0.25) is 9.44 Å². The largest absolute Gasteiger partial charge is 0.281 e. The van der Waals surface area contributed by atoms with Crippen molar-refractivity contribution in [3.05, 3.63) is 75.2 Å². The third kappa shape index (κ3) is 9.91. The molecule has 0 aromatic heterocycles. The molecule has 47 heavy (non-hydrogen) atoms. The zero-order valence-corrected chi connectivity index (χ0v) is 30.9. The first-order chi connectivity index (χ1) is 21.5. The Morgan fingerprint density at radius 3 is 1.89 bits per heavy atom. The van der Waals surface area contributed by atoms with E-state index in [1.165, 1.54) is 25.1 Å². The van der Waals surface area contributed by atoms with Crippen molar-refractivity contribution in [3.8, 4) is 0 Å². The maximum Gasteiger partial charge on any atom is 0.273 e. The molecule has 0 bridgehead atoms. The van der Waals surface area contributed by atoms with E-state index < -0.39 is 91.5 Å². The van der Waals surface area contributed by atoms with Crippen LogP contribution in [0.5, 0.6) is 0 Å². The van der Waals surface area contributed by atoms with Crippen molar-refractivity contribution >= 4 is 96.3 Å². The first-order valence-corrected chi connectivity index (χ1v) is 22.0. The Hall–Kier alpha value is -2.24. The van der Waals surface area contributed by atoms with Crippen LogP contribution < -0.4 is 19.1 Å². The molecular weight excluding hydrogens is 785 g/mol. The number of nitrogens with zero attached hydrogens (tertiary/aromatic N) is 1. The molecule has 260 valence electrons. The molecule has 3 aromatic rings. The van der Waals surface area contributed by atoms with E-state index in [0.717, 1.165) is 42.7 Å². The van der Waals surface area contributed by atoms with Crippen LogP contribution in [-0.2, 0) is 50.1 Å². The molecule has 0 spiro atoms. The fraction of sp³-hybridized carbons (Fsp3) is 0.250. The normalized spacial score (nSPS) is 13.1. The molecular formula is C24H28Cl3N5O10S5. The molecule has 0 radical (unpaired) electrons. The van der Waals surface area contributed by atoms with Gasteiger partial charge in [-0.15, -0.1) is 9.66 Å². The number of unbranched alkanes of at least 4 members (excludes halogenated alkanes) is 1. The SMILES string of the molecule is CCCCS(=O)(=O)Nc1c(S(=O)(=O)N(NS(=O)(=O)c2ccccc2)NS(=O)(=O)c2cc(Cl)cc(Cl)c2Cl)ccc(C)c1NS(C)(=O)=O. The maximum atomic E-state index is 14.3. The molecule has 0 saturated carbocycles. The molecule has 0 aliphatic carbocycles. The van der Waals surface area contributed by atoms with Gasteiger partial charge in [-0.2, -0.15) is 0 Å². The first-order valence-electron chi connectivity index (χ1n) is 12.9. The van der Waals surface area contributed by atoms with Crippen molar-refractivity contribution in [2.75, 3.05) is 21.5 Å². The second-order valence-corrected chi connectivity index (χ2v) is 19.6. The number of hydrogen-bond acceptors (Lipinski definition) is 10. The lowest BCUT2D eigenvalue weighted by Crippen LogP contribution is -2.55. The molecule has 0 saturated heterocycles. The van der Waals surface area contributed by atoms with Gasteiger partial charge < -0.3 is 0 Å². The van der Waals surface area contributed by atoms with E-state index in [2.05, 4.69) is 9.44 Å². The van der Waals surface area contributed by atoms with E-state index in [4.69, 9.17) is 34.8 Å². The van der Waals surface area contributed by atoms with Crippen molar-refractivity contribution < 1.29 is 42.1 Å². The number of rotatable bonds is 15. The van der Waals surface area contributed by atoms with E-state index in [1.54, 1.807) is 16.6 Å². The first kappa shape index (κ1) is 39.2. The summed E-state index contributed by atoms with van der Waals surface area (Å²) in [4.78, 5) is 0.782. The Morgan fingerprint density at radius 1 is 0.723 bits per heavy atom. The van der Waals surface area contributed by atoms with Crippen molar-refractivity contribution in [2.45, 2.75) is 41.4 Å². The van der Waals surface area contributed by atoms with Gasteiger partial charge in [-0.25, -0.2) is 42.1 Å². The highest BCUT2D eigenvalue weighted by molar-refractivity contribution is 7.94. The number of hydrogen-bond donors (Lipinski definition) is 4. The van der Waals surface area contributed by atoms with E-state index in [9.17, 15) is 42.1 Å². The second-order valence-electron chi connectivity index (χ2n) is 9.75.